The fourth-order valence-electron chi connectivity index (χ4n) is 2.87. The summed E-state index contributed by atoms with van der Waals surface area (Å²) in [7, 11) is 0. The summed E-state index contributed by atoms with van der Waals surface area (Å²) < 4.78 is 10.8. The zero-order valence-electron chi connectivity index (χ0n) is 15.5. The van der Waals surface area contributed by atoms with Gasteiger partial charge in [-0.1, -0.05) is 23.4 Å². The first kappa shape index (κ1) is 19.5. The highest BCUT2D eigenvalue weighted by Gasteiger charge is 2.27. The Morgan fingerprint density at radius 2 is 2.00 bits per heavy atom. The van der Waals surface area contributed by atoms with Gasteiger partial charge in [0.15, 0.2) is 11.8 Å². The summed E-state index contributed by atoms with van der Waals surface area (Å²) in [5.74, 6) is 0.991. The van der Waals surface area contributed by atoms with E-state index in [-0.39, 0.29) is 18.6 Å². The number of aliphatic imine (C=N–C) groups is 1. The average Bonchev–Trinajstić information content (AvgIpc) is 3.13. The number of rotatable bonds is 4. The second kappa shape index (κ2) is 8.31. The molecule has 0 bridgehead atoms. The monoisotopic (exact) mass is 428 g/mol. The highest BCUT2D eigenvalue weighted by molar-refractivity contribution is 8.14. The maximum absolute atomic E-state index is 13.0. The van der Waals surface area contributed by atoms with E-state index in [4.69, 9.17) is 20.8 Å². The van der Waals surface area contributed by atoms with Crippen LogP contribution in [0.15, 0.2) is 68.8 Å². The molecule has 0 spiro atoms. The average molecular weight is 429 g/mol. The van der Waals surface area contributed by atoms with Crippen molar-refractivity contribution < 1.29 is 13.9 Å². The van der Waals surface area contributed by atoms with Gasteiger partial charge in [0, 0.05) is 28.3 Å². The number of benzene rings is 2. The van der Waals surface area contributed by atoms with Crippen molar-refractivity contribution in [2.75, 3.05) is 17.3 Å². The van der Waals surface area contributed by atoms with Crippen LogP contribution < -0.4 is 15.3 Å². The predicted octanol–water partition coefficient (Wildman–Crippen LogP) is 4.35. The highest BCUT2D eigenvalue weighted by atomic mass is 35.5. The number of thioether (sulfide) groups is 1. The highest BCUT2D eigenvalue weighted by Crippen LogP contribution is 2.27. The van der Waals surface area contributed by atoms with Crippen LogP contribution in [-0.4, -0.2) is 29.5 Å². The maximum Gasteiger partial charge on any atom is 0.336 e. The Balaban J connectivity index is 1.56. The quantitative estimate of drug-likeness (QED) is 0.577. The van der Waals surface area contributed by atoms with Crippen LogP contribution in [0.5, 0.6) is 5.75 Å². The van der Waals surface area contributed by atoms with Crippen LogP contribution in [0, 0.1) is 0 Å². The van der Waals surface area contributed by atoms with Crippen LogP contribution >= 0.6 is 23.4 Å². The van der Waals surface area contributed by atoms with Crippen molar-refractivity contribution in [3.63, 3.8) is 0 Å². The van der Waals surface area contributed by atoms with Crippen LogP contribution in [0.3, 0.4) is 0 Å². The second-order valence-electron chi connectivity index (χ2n) is 6.52. The molecule has 2 aromatic carbocycles. The number of hydrogen-bond acceptors (Lipinski definition) is 6. The number of halogens is 1. The van der Waals surface area contributed by atoms with Crippen LogP contribution in [0.25, 0.3) is 11.0 Å². The Labute approximate surface area is 176 Å². The smallest absolute Gasteiger partial charge is 0.336 e. The zero-order chi connectivity index (χ0) is 20.4. The van der Waals surface area contributed by atoms with Crippen molar-refractivity contribution in [3.8, 4) is 5.75 Å². The van der Waals surface area contributed by atoms with Crippen molar-refractivity contribution in [2.24, 2.45) is 4.99 Å². The normalized spacial score (nSPS) is 15.9. The van der Waals surface area contributed by atoms with Crippen LogP contribution in [0.2, 0.25) is 5.02 Å². The topological polar surface area (TPSA) is 72.1 Å². The van der Waals surface area contributed by atoms with E-state index in [1.807, 2.05) is 6.92 Å². The lowest BCUT2D eigenvalue weighted by Gasteiger charge is -2.22. The van der Waals surface area contributed by atoms with E-state index in [9.17, 15) is 9.59 Å². The van der Waals surface area contributed by atoms with Crippen molar-refractivity contribution in [2.45, 2.75) is 13.0 Å². The van der Waals surface area contributed by atoms with E-state index in [0.29, 0.717) is 27.2 Å². The van der Waals surface area contributed by atoms with Gasteiger partial charge in [0.2, 0.25) is 0 Å². The molecular weight excluding hydrogens is 412 g/mol. The molecule has 0 saturated carbocycles. The summed E-state index contributed by atoms with van der Waals surface area (Å²) in [5.41, 5.74) is 0.638. The van der Waals surface area contributed by atoms with Gasteiger partial charge in [0.25, 0.3) is 5.91 Å². The van der Waals surface area contributed by atoms with Gasteiger partial charge < -0.3 is 9.15 Å². The predicted molar refractivity (Wildman–Crippen MR) is 116 cm³/mol. The molecule has 2 heterocycles. The Bertz CT molecular complexity index is 1140. The van der Waals surface area contributed by atoms with E-state index in [0.717, 1.165) is 11.1 Å². The number of carbonyl (C=O) groups is 1. The lowest BCUT2D eigenvalue weighted by Crippen LogP contribution is -2.38. The van der Waals surface area contributed by atoms with Crippen LogP contribution in [0.4, 0.5) is 5.69 Å². The lowest BCUT2D eigenvalue weighted by atomic mass is 10.2. The number of hydrogen-bond donors (Lipinski definition) is 0. The molecule has 6 nitrogen and oxygen atoms in total. The Hall–Kier alpha value is -2.77. The van der Waals surface area contributed by atoms with Gasteiger partial charge in [-0.25, -0.2) is 4.79 Å². The molecule has 4 rings (SSSR count). The first-order valence-electron chi connectivity index (χ1n) is 8.95. The minimum absolute atomic E-state index is 0.141. The van der Waals surface area contributed by atoms with Crippen molar-refractivity contribution in [1.29, 1.82) is 0 Å². The first-order chi connectivity index (χ1) is 14.0. The third-order valence-corrected chi connectivity index (χ3v) is 5.71. The fraction of sp³-hybridized carbons (Fsp3) is 0.190. The molecule has 0 N–H and O–H groups in total. The largest absolute Gasteiger partial charge is 0.484 e. The molecule has 1 aliphatic heterocycles. The van der Waals surface area contributed by atoms with Gasteiger partial charge in [-0.3, -0.25) is 14.7 Å². The second-order valence-corrected chi connectivity index (χ2v) is 7.94. The van der Waals surface area contributed by atoms with Gasteiger partial charge in [-0.15, -0.1) is 0 Å². The molecule has 1 atom stereocenters. The van der Waals surface area contributed by atoms with E-state index in [2.05, 4.69) is 4.99 Å². The minimum atomic E-state index is -0.440. The Morgan fingerprint density at radius 1 is 1.24 bits per heavy atom. The Morgan fingerprint density at radius 3 is 2.72 bits per heavy atom. The number of nitrogens with zero attached hydrogens (tertiary/aromatic N) is 2. The third kappa shape index (κ3) is 4.46. The molecule has 8 heteroatoms. The number of anilines is 1. The van der Waals surface area contributed by atoms with E-state index >= 15 is 0 Å². The molecule has 0 radical (unpaired) electrons. The van der Waals surface area contributed by atoms with E-state index < -0.39 is 5.63 Å². The zero-order valence-corrected chi connectivity index (χ0v) is 17.1. The van der Waals surface area contributed by atoms with E-state index in [1.165, 1.54) is 17.8 Å². The molecule has 1 amide bonds. The molecule has 0 saturated heterocycles. The van der Waals surface area contributed by atoms with Gasteiger partial charge in [0.1, 0.15) is 11.3 Å². The van der Waals surface area contributed by atoms with Crippen LogP contribution in [0.1, 0.15) is 6.92 Å². The van der Waals surface area contributed by atoms with Crippen molar-refractivity contribution >= 4 is 51.1 Å². The Kier molecular flexibility index (Phi) is 5.60. The summed E-state index contributed by atoms with van der Waals surface area (Å²) in [5, 5.41) is 2.00. The lowest BCUT2D eigenvalue weighted by molar-refractivity contribution is -0.119. The summed E-state index contributed by atoms with van der Waals surface area (Å²) >= 11 is 7.51. The number of fused-ring (bicyclic) bond motifs is 1. The number of carbonyl (C=O) groups excluding carboxylic acids is 1. The molecule has 29 heavy (non-hydrogen) atoms. The molecule has 0 fully saturated rings. The summed E-state index contributed by atoms with van der Waals surface area (Å²) in [6, 6.07) is 15.3. The molecule has 1 aromatic heterocycles. The molecule has 1 unspecified atom stereocenters. The van der Waals surface area contributed by atoms with Gasteiger partial charge >= 0.3 is 5.63 Å². The molecule has 0 aliphatic carbocycles. The van der Waals surface area contributed by atoms with Gasteiger partial charge in [-0.05, 0) is 49.4 Å². The summed E-state index contributed by atoms with van der Waals surface area (Å²) in [6.07, 6.45) is 0. The van der Waals surface area contributed by atoms with E-state index in [1.54, 1.807) is 53.4 Å². The molecule has 1 aliphatic rings. The summed E-state index contributed by atoms with van der Waals surface area (Å²) in [6.45, 7) is 1.81. The first-order valence-corrected chi connectivity index (χ1v) is 10.3. The number of amidine groups is 1. The molecular formula is C21H17ClN2O4S. The van der Waals surface area contributed by atoms with Crippen LogP contribution in [-0.2, 0) is 4.79 Å². The number of ether oxygens (including phenoxy) is 1. The molecule has 148 valence electrons. The number of amides is 1. The SMILES string of the molecule is CC1CSC(N(C(=O)COc2ccc3ccc(=O)oc3c2)c2ccc(Cl)cc2)=N1. The summed E-state index contributed by atoms with van der Waals surface area (Å²) in [4.78, 5) is 30.5. The van der Waals surface area contributed by atoms with Gasteiger partial charge in [-0.2, -0.15) is 0 Å². The fourth-order valence-corrected chi connectivity index (χ4v) is 4.05. The molecule has 3 aromatic rings. The third-order valence-electron chi connectivity index (χ3n) is 4.27. The standard InChI is InChI=1S/C21H17ClN2O4S/c1-13-12-29-21(23-13)24(16-6-4-15(22)5-7-16)19(25)11-27-17-8-2-14-3-9-20(26)28-18(14)10-17/h2-10,13H,11-12H2,1H3. The minimum Gasteiger partial charge on any atom is -0.484 e. The van der Waals surface area contributed by atoms with Crippen molar-refractivity contribution in [3.05, 3.63) is 70.0 Å². The van der Waals surface area contributed by atoms with Gasteiger partial charge in [0.05, 0.1) is 11.7 Å². The van der Waals surface area contributed by atoms with Crippen molar-refractivity contribution in [1.82, 2.24) is 0 Å². The maximum atomic E-state index is 13.0.